The van der Waals surface area contributed by atoms with E-state index in [-0.39, 0.29) is 18.0 Å². The standard InChI is InChI=1S/C18H20FNO3/c1-13-2-5-16(17(19)10-13)12-23-9-8-20-11-14-3-6-15(7-4-14)18(21)22/h2-7,10,20H,8-9,11-12H2,1H3,(H,21,22). The second kappa shape index (κ2) is 8.41. The first kappa shape index (κ1) is 17.1. The minimum atomic E-state index is -0.929. The van der Waals surface area contributed by atoms with Crippen LogP contribution < -0.4 is 5.32 Å². The number of halogens is 1. The van der Waals surface area contributed by atoms with Crippen molar-refractivity contribution in [1.29, 1.82) is 0 Å². The van der Waals surface area contributed by atoms with Gasteiger partial charge in [0, 0.05) is 18.7 Å². The Morgan fingerprint density at radius 3 is 2.61 bits per heavy atom. The Labute approximate surface area is 134 Å². The molecule has 23 heavy (non-hydrogen) atoms. The minimum absolute atomic E-state index is 0.239. The Hall–Kier alpha value is -2.24. The Balaban J connectivity index is 1.65. The van der Waals surface area contributed by atoms with Crippen LogP contribution in [0.3, 0.4) is 0 Å². The second-order valence-corrected chi connectivity index (χ2v) is 5.33. The average molecular weight is 317 g/mol. The van der Waals surface area contributed by atoms with E-state index in [1.807, 2.05) is 13.0 Å². The van der Waals surface area contributed by atoms with Crippen molar-refractivity contribution in [3.8, 4) is 0 Å². The van der Waals surface area contributed by atoms with E-state index < -0.39 is 5.97 Å². The van der Waals surface area contributed by atoms with Gasteiger partial charge < -0.3 is 15.2 Å². The number of carboxylic acid groups (broad SMARTS) is 1. The van der Waals surface area contributed by atoms with Gasteiger partial charge in [-0.05, 0) is 36.2 Å². The van der Waals surface area contributed by atoms with E-state index in [9.17, 15) is 9.18 Å². The first-order valence-electron chi connectivity index (χ1n) is 7.42. The molecule has 0 bridgehead atoms. The zero-order valence-corrected chi connectivity index (χ0v) is 13.0. The Morgan fingerprint density at radius 2 is 1.96 bits per heavy atom. The number of carboxylic acids is 1. The van der Waals surface area contributed by atoms with Crippen molar-refractivity contribution in [2.45, 2.75) is 20.1 Å². The molecular formula is C18H20FNO3. The maximum Gasteiger partial charge on any atom is 0.335 e. The fraction of sp³-hybridized carbons (Fsp3) is 0.278. The average Bonchev–Trinajstić information content (AvgIpc) is 2.53. The van der Waals surface area contributed by atoms with Crippen molar-refractivity contribution in [2.75, 3.05) is 13.2 Å². The van der Waals surface area contributed by atoms with Crippen LogP contribution in [0.5, 0.6) is 0 Å². The number of hydrogen-bond acceptors (Lipinski definition) is 3. The molecule has 0 radical (unpaired) electrons. The summed E-state index contributed by atoms with van der Waals surface area (Å²) >= 11 is 0. The van der Waals surface area contributed by atoms with Gasteiger partial charge in [0.25, 0.3) is 0 Å². The van der Waals surface area contributed by atoms with Crippen LogP contribution in [0.2, 0.25) is 0 Å². The van der Waals surface area contributed by atoms with Crippen molar-refractivity contribution in [2.24, 2.45) is 0 Å². The topological polar surface area (TPSA) is 58.6 Å². The van der Waals surface area contributed by atoms with Crippen LogP contribution in [0.4, 0.5) is 4.39 Å². The van der Waals surface area contributed by atoms with Crippen molar-refractivity contribution in [3.05, 3.63) is 70.5 Å². The molecule has 0 aliphatic heterocycles. The van der Waals surface area contributed by atoms with Crippen LogP contribution in [-0.2, 0) is 17.9 Å². The van der Waals surface area contributed by atoms with Gasteiger partial charge in [-0.1, -0.05) is 24.3 Å². The summed E-state index contributed by atoms with van der Waals surface area (Å²) in [6, 6.07) is 11.8. The zero-order chi connectivity index (χ0) is 16.7. The molecule has 122 valence electrons. The zero-order valence-electron chi connectivity index (χ0n) is 13.0. The smallest absolute Gasteiger partial charge is 0.335 e. The maximum atomic E-state index is 13.6. The predicted octanol–water partition coefficient (Wildman–Crippen LogP) is 3.14. The third-order valence-electron chi connectivity index (χ3n) is 3.42. The van der Waals surface area contributed by atoms with Gasteiger partial charge in [0.1, 0.15) is 5.82 Å². The first-order chi connectivity index (χ1) is 11.1. The number of ether oxygens (including phenoxy) is 1. The van der Waals surface area contributed by atoms with Crippen LogP contribution >= 0.6 is 0 Å². The van der Waals surface area contributed by atoms with Gasteiger partial charge in [-0.25, -0.2) is 9.18 Å². The number of hydrogen-bond donors (Lipinski definition) is 2. The number of carbonyl (C=O) groups is 1. The molecule has 2 rings (SSSR count). The largest absolute Gasteiger partial charge is 0.478 e. The van der Waals surface area contributed by atoms with Crippen molar-refractivity contribution in [3.63, 3.8) is 0 Å². The van der Waals surface area contributed by atoms with Crippen LogP contribution in [0.25, 0.3) is 0 Å². The highest BCUT2D eigenvalue weighted by atomic mass is 19.1. The summed E-state index contributed by atoms with van der Waals surface area (Å²) in [4.78, 5) is 10.7. The molecule has 0 aromatic heterocycles. The number of rotatable bonds is 8. The molecule has 2 N–H and O–H groups in total. The fourth-order valence-electron chi connectivity index (χ4n) is 2.09. The number of aromatic carboxylic acids is 1. The lowest BCUT2D eigenvalue weighted by Crippen LogP contribution is -2.19. The third kappa shape index (κ3) is 5.47. The summed E-state index contributed by atoms with van der Waals surface area (Å²) in [7, 11) is 0. The van der Waals surface area contributed by atoms with Crippen molar-refractivity contribution < 1.29 is 19.0 Å². The van der Waals surface area contributed by atoms with Crippen LogP contribution in [0.15, 0.2) is 42.5 Å². The lowest BCUT2D eigenvalue weighted by molar-refractivity contribution is 0.0697. The Morgan fingerprint density at radius 1 is 1.22 bits per heavy atom. The van der Waals surface area contributed by atoms with Gasteiger partial charge >= 0.3 is 5.97 Å². The number of benzene rings is 2. The molecule has 0 heterocycles. The fourth-order valence-corrected chi connectivity index (χ4v) is 2.09. The molecule has 0 amide bonds. The van der Waals surface area contributed by atoms with Crippen LogP contribution in [-0.4, -0.2) is 24.2 Å². The SMILES string of the molecule is Cc1ccc(COCCNCc2ccc(C(=O)O)cc2)c(F)c1. The molecule has 0 aliphatic carbocycles. The van der Waals surface area contributed by atoms with Gasteiger partial charge in [-0.15, -0.1) is 0 Å². The molecule has 0 unspecified atom stereocenters. The maximum absolute atomic E-state index is 13.6. The molecule has 2 aromatic carbocycles. The molecule has 0 atom stereocenters. The third-order valence-corrected chi connectivity index (χ3v) is 3.42. The summed E-state index contributed by atoms with van der Waals surface area (Å²) in [6.07, 6.45) is 0. The lowest BCUT2D eigenvalue weighted by Gasteiger charge is -2.08. The Kier molecular flexibility index (Phi) is 6.26. The normalized spacial score (nSPS) is 10.7. The van der Waals surface area contributed by atoms with Gasteiger partial charge in [-0.2, -0.15) is 0 Å². The molecule has 2 aromatic rings. The minimum Gasteiger partial charge on any atom is -0.478 e. The molecule has 0 fully saturated rings. The summed E-state index contributed by atoms with van der Waals surface area (Å²) in [5, 5.41) is 12.0. The monoisotopic (exact) mass is 317 g/mol. The molecule has 0 saturated carbocycles. The molecule has 0 aliphatic rings. The van der Waals surface area contributed by atoms with Crippen LogP contribution in [0.1, 0.15) is 27.0 Å². The highest BCUT2D eigenvalue weighted by Crippen LogP contribution is 2.10. The highest BCUT2D eigenvalue weighted by Gasteiger charge is 2.03. The van der Waals surface area contributed by atoms with Gasteiger partial charge in [0.05, 0.1) is 18.8 Å². The van der Waals surface area contributed by atoms with E-state index in [1.165, 1.54) is 6.07 Å². The van der Waals surface area contributed by atoms with E-state index in [1.54, 1.807) is 30.3 Å². The highest BCUT2D eigenvalue weighted by molar-refractivity contribution is 5.87. The van der Waals surface area contributed by atoms with Gasteiger partial charge in [0.15, 0.2) is 0 Å². The molecular weight excluding hydrogens is 297 g/mol. The summed E-state index contributed by atoms with van der Waals surface area (Å²) < 4.78 is 19.0. The Bertz CT molecular complexity index is 656. The van der Waals surface area contributed by atoms with Crippen molar-refractivity contribution >= 4 is 5.97 Å². The summed E-state index contributed by atoms with van der Waals surface area (Å²) in [5.74, 6) is -1.17. The number of nitrogens with one attached hydrogen (secondary N) is 1. The van der Waals surface area contributed by atoms with E-state index in [0.717, 1.165) is 11.1 Å². The molecule has 4 nitrogen and oxygen atoms in total. The summed E-state index contributed by atoms with van der Waals surface area (Å²) in [5.41, 5.74) is 2.72. The summed E-state index contributed by atoms with van der Waals surface area (Å²) in [6.45, 7) is 3.83. The van der Waals surface area contributed by atoms with E-state index >= 15 is 0 Å². The van der Waals surface area contributed by atoms with Crippen molar-refractivity contribution in [1.82, 2.24) is 5.32 Å². The quantitative estimate of drug-likeness (QED) is 0.734. The molecule has 0 spiro atoms. The number of aryl methyl sites for hydroxylation is 1. The first-order valence-corrected chi connectivity index (χ1v) is 7.42. The predicted molar refractivity (Wildman–Crippen MR) is 85.9 cm³/mol. The molecule has 5 heteroatoms. The van der Waals surface area contributed by atoms with E-state index in [4.69, 9.17) is 9.84 Å². The van der Waals surface area contributed by atoms with Crippen LogP contribution in [0, 0.1) is 12.7 Å². The molecule has 0 saturated heterocycles. The second-order valence-electron chi connectivity index (χ2n) is 5.33. The van der Waals surface area contributed by atoms with Gasteiger partial charge in [0.2, 0.25) is 0 Å². The van der Waals surface area contributed by atoms with Gasteiger partial charge in [-0.3, -0.25) is 0 Å². The lowest BCUT2D eigenvalue weighted by atomic mass is 10.1. The van der Waals surface area contributed by atoms with E-state index in [2.05, 4.69) is 5.32 Å². The van der Waals surface area contributed by atoms with E-state index in [0.29, 0.717) is 25.3 Å².